The topological polar surface area (TPSA) is 29.3 Å². The maximum absolute atomic E-state index is 13.6. The van der Waals surface area contributed by atoms with Crippen LogP contribution < -0.4 is 5.73 Å². The van der Waals surface area contributed by atoms with Crippen molar-refractivity contribution in [2.75, 3.05) is 5.73 Å². The first-order valence-corrected chi connectivity index (χ1v) is 6.15. The Kier molecular flexibility index (Phi) is 2.95. The molecule has 0 saturated carbocycles. The number of benzene rings is 2. The summed E-state index contributed by atoms with van der Waals surface area (Å²) in [6.07, 6.45) is 0. The molecule has 2 aromatic carbocycles. The van der Waals surface area contributed by atoms with Crippen LogP contribution in [0.4, 0.5) is 14.5 Å². The lowest BCUT2D eigenvalue weighted by Gasteiger charge is -2.15. The number of fused-ring (bicyclic) bond motifs is 1. The number of rotatable bonds is 2. The third-order valence-electron chi connectivity index (χ3n) is 3.43. The quantitative estimate of drug-likeness (QED) is 0.841. The van der Waals surface area contributed by atoms with E-state index in [4.69, 9.17) is 5.73 Å². The molecule has 0 aliphatic carbocycles. The van der Waals surface area contributed by atoms with Crippen LogP contribution in [-0.2, 0) is 19.6 Å². The van der Waals surface area contributed by atoms with E-state index in [-0.39, 0.29) is 0 Å². The summed E-state index contributed by atoms with van der Waals surface area (Å²) in [5.41, 5.74) is 9.41. The average molecular weight is 260 g/mol. The first-order chi connectivity index (χ1) is 9.11. The molecule has 2 N–H and O–H groups in total. The SMILES string of the molecule is Nc1ccc2c(c1)CN(Cc1ccc(F)cc1F)C2. The normalized spacial score (nSPS) is 14.6. The van der Waals surface area contributed by atoms with E-state index >= 15 is 0 Å². The number of nitrogens with zero attached hydrogens (tertiary/aromatic N) is 1. The van der Waals surface area contributed by atoms with Gasteiger partial charge in [0.2, 0.25) is 0 Å². The molecule has 0 fully saturated rings. The Balaban J connectivity index is 1.77. The molecule has 0 bridgehead atoms. The summed E-state index contributed by atoms with van der Waals surface area (Å²) in [4.78, 5) is 2.11. The Morgan fingerprint density at radius 2 is 1.79 bits per heavy atom. The van der Waals surface area contributed by atoms with E-state index in [2.05, 4.69) is 4.90 Å². The molecule has 0 saturated heterocycles. The van der Waals surface area contributed by atoms with E-state index in [1.165, 1.54) is 23.3 Å². The lowest BCUT2D eigenvalue weighted by Crippen LogP contribution is -2.16. The summed E-state index contributed by atoms with van der Waals surface area (Å²) >= 11 is 0. The highest BCUT2D eigenvalue weighted by molar-refractivity contribution is 5.46. The van der Waals surface area contributed by atoms with Gasteiger partial charge >= 0.3 is 0 Å². The van der Waals surface area contributed by atoms with Gasteiger partial charge in [-0.2, -0.15) is 0 Å². The smallest absolute Gasteiger partial charge is 0.130 e. The van der Waals surface area contributed by atoms with Crippen LogP contribution in [0.5, 0.6) is 0 Å². The molecule has 1 heterocycles. The van der Waals surface area contributed by atoms with Crippen molar-refractivity contribution < 1.29 is 8.78 Å². The number of nitrogen functional groups attached to an aromatic ring is 1. The van der Waals surface area contributed by atoms with Gasteiger partial charge in [-0.3, -0.25) is 4.90 Å². The third-order valence-corrected chi connectivity index (χ3v) is 3.43. The monoisotopic (exact) mass is 260 g/mol. The van der Waals surface area contributed by atoms with Crippen LogP contribution in [0.3, 0.4) is 0 Å². The lowest BCUT2D eigenvalue weighted by molar-refractivity contribution is 0.271. The van der Waals surface area contributed by atoms with Crippen molar-refractivity contribution in [3.05, 3.63) is 64.7 Å². The Bertz CT molecular complexity index is 626. The van der Waals surface area contributed by atoms with E-state index < -0.39 is 11.6 Å². The zero-order valence-corrected chi connectivity index (χ0v) is 10.4. The molecule has 0 aromatic heterocycles. The van der Waals surface area contributed by atoms with Crippen molar-refractivity contribution in [3.63, 3.8) is 0 Å². The second kappa shape index (κ2) is 4.63. The Hall–Kier alpha value is -1.94. The van der Waals surface area contributed by atoms with Crippen LogP contribution in [0.2, 0.25) is 0 Å². The lowest BCUT2D eigenvalue weighted by atomic mass is 10.1. The zero-order chi connectivity index (χ0) is 13.4. The van der Waals surface area contributed by atoms with E-state index in [1.807, 2.05) is 18.2 Å². The molecule has 4 heteroatoms. The first kappa shape index (κ1) is 12.1. The fourth-order valence-electron chi connectivity index (χ4n) is 2.49. The van der Waals surface area contributed by atoms with Crippen LogP contribution in [0, 0.1) is 11.6 Å². The molecule has 98 valence electrons. The molecular weight excluding hydrogens is 246 g/mol. The van der Waals surface area contributed by atoms with Crippen molar-refractivity contribution in [3.8, 4) is 0 Å². The van der Waals surface area contributed by atoms with E-state index in [1.54, 1.807) is 0 Å². The number of hydrogen-bond donors (Lipinski definition) is 1. The highest BCUT2D eigenvalue weighted by Crippen LogP contribution is 2.26. The van der Waals surface area contributed by atoms with Gasteiger partial charge in [0.1, 0.15) is 11.6 Å². The minimum atomic E-state index is -0.543. The van der Waals surface area contributed by atoms with Crippen molar-refractivity contribution >= 4 is 5.69 Å². The van der Waals surface area contributed by atoms with Gasteiger partial charge in [-0.05, 0) is 29.3 Å². The molecule has 1 aliphatic heterocycles. The minimum Gasteiger partial charge on any atom is -0.399 e. The van der Waals surface area contributed by atoms with Gasteiger partial charge in [0.15, 0.2) is 0 Å². The van der Waals surface area contributed by atoms with Crippen molar-refractivity contribution in [2.24, 2.45) is 0 Å². The first-order valence-electron chi connectivity index (χ1n) is 6.15. The second-order valence-electron chi connectivity index (χ2n) is 4.91. The van der Waals surface area contributed by atoms with Crippen LogP contribution in [0.15, 0.2) is 36.4 Å². The summed E-state index contributed by atoms with van der Waals surface area (Å²) in [5.74, 6) is -1.03. The summed E-state index contributed by atoms with van der Waals surface area (Å²) in [6, 6.07) is 9.56. The van der Waals surface area contributed by atoms with Gasteiger partial charge in [-0.15, -0.1) is 0 Å². The molecule has 2 nitrogen and oxygen atoms in total. The number of anilines is 1. The van der Waals surface area contributed by atoms with Gasteiger partial charge in [0.25, 0.3) is 0 Å². The predicted molar refractivity (Wildman–Crippen MR) is 70.2 cm³/mol. The molecule has 2 aromatic rings. The van der Waals surface area contributed by atoms with Gasteiger partial charge in [-0.1, -0.05) is 12.1 Å². The highest BCUT2D eigenvalue weighted by atomic mass is 19.1. The van der Waals surface area contributed by atoms with Gasteiger partial charge in [-0.25, -0.2) is 8.78 Å². The Morgan fingerprint density at radius 1 is 1.00 bits per heavy atom. The maximum Gasteiger partial charge on any atom is 0.130 e. The van der Waals surface area contributed by atoms with Crippen LogP contribution in [0.25, 0.3) is 0 Å². The molecule has 3 rings (SSSR count). The average Bonchev–Trinajstić information content (AvgIpc) is 2.74. The van der Waals surface area contributed by atoms with Crippen LogP contribution >= 0.6 is 0 Å². The van der Waals surface area contributed by atoms with E-state index in [0.717, 1.165) is 24.8 Å². The van der Waals surface area contributed by atoms with Crippen molar-refractivity contribution in [2.45, 2.75) is 19.6 Å². The standard InChI is InChI=1S/C15H14F2N2/c16-13-3-1-11(15(17)6-13)8-19-7-10-2-4-14(18)5-12(10)9-19/h1-6H,7-9,18H2. The number of halogens is 2. The van der Waals surface area contributed by atoms with Crippen molar-refractivity contribution in [1.82, 2.24) is 4.90 Å². The summed E-state index contributed by atoms with van der Waals surface area (Å²) < 4.78 is 26.5. The number of hydrogen-bond acceptors (Lipinski definition) is 2. The van der Waals surface area contributed by atoms with Crippen LogP contribution in [0.1, 0.15) is 16.7 Å². The summed E-state index contributed by atoms with van der Waals surface area (Å²) in [6.45, 7) is 1.99. The summed E-state index contributed by atoms with van der Waals surface area (Å²) in [5, 5.41) is 0. The third kappa shape index (κ3) is 2.44. The molecule has 0 spiro atoms. The summed E-state index contributed by atoms with van der Waals surface area (Å²) in [7, 11) is 0. The van der Waals surface area contributed by atoms with Crippen LogP contribution in [-0.4, -0.2) is 4.90 Å². The van der Waals surface area contributed by atoms with Gasteiger partial charge in [0, 0.05) is 37.0 Å². The number of nitrogens with two attached hydrogens (primary N) is 1. The largest absolute Gasteiger partial charge is 0.399 e. The molecule has 0 unspecified atom stereocenters. The molecular formula is C15H14F2N2. The second-order valence-corrected chi connectivity index (χ2v) is 4.91. The predicted octanol–water partition coefficient (Wildman–Crippen LogP) is 3.06. The molecule has 0 atom stereocenters. The zero-order valence-electron chi connectivity index (χ0n) is 10.4. The minimum absolute atomic E-state index is 0.473. The molecule has 0 radical (unpaired) electrons. The maximum atomic E-state index is 13.6. The Morgan fingerprint density at radius 3 is 2.58 bits per heavy atom. The fourth-order valence-corrected chi connectivity index (χ4v) is 2.49. The van der Waals surface area contributed by atoms with Crippen molar-refractivity contribution in [1.29, 1.82) is 0 Å². The van der Waals surface area contributed by atoms with Gasteiger partial charge < -0.3 is 5.73 Å². The Labute approximate surface area is 110 Å². The van der Waals surface area contributed by atoms with Gasteiger partial charge in [0.05, 0.1) is 0 Å². The molecule has 0 amide bonds. The van der Waals surface area contributed by atoms with E-state index in [0.29, 0.717) is 12.1 Å². The highest BCUT2D eigenvalue weighted by Gasteiger charge is 2.20. The van der Waals surface area contributed by atoms with E-state index in [9.17, 15) is 8.78 Å². The molecule has 1 aliphatic rings. The fraction of sp³-hybridized carbons (Fsp3) is 0.200. The molecule has 19 heavy (non-hydrogen) atoms.